The van der Waals surface area contributed by atoms with Crippen molar-refractivity contribution in [3.8, 4) is 0 Å². The second-order valence-electron chi connectivity index (χ2n) is 7.38. The van der Waals surface area contributed by atoms with E-state index in [-0.39, 0.29) is 11.3 Å². The van der Waals surface area contributed by atoms with Crippen molar-refractivity contribution in [1.29, 1.82) is 0 Å². The van der Waals surface area contributed by atoms with Crippen LogP contribution in [-0.4, -0.2) is 15.5 Å². The van der Waals surface area contributed by atoms with Crippen molar-refractivity contribution < 1.29 is 4.79 Å². The zero-order valence-corrected chi connectivity index (χ0v) is 16.0. The molecular weight excluding hydrogens is 342 g/mol. The molecule has 0 N–H and O–H groups in total. The molecule has 0 atom stereocenters. The molecule has 1 saturated carbocycles. The average Bonchev–Trinajstić information content (AvgIpc) is 3.26. The second kappa shape index (κ2) is 6.45. The monoisotopic (exact) mass is 363 g/mol. The summed E-state index contributed by atoms with van der Waals surface area (Å²) in [6, 6.07) is 1.61. The Morgan fingerprint density at radius 2 is 2.17 bits per heavy atom. The third-order valence-electron chi connectivity index (χ3n) is 4.17. The van der Waals surface area contributed by atoms with Gasteiger partial charge < -0.3 is 4.57 Å². The number of carbonyl (C=O) groups is 1. The van der Waals surface area contributed by atoms with Crippen LogP contribution in [0.2, 0.25) is 5.02 Å². The van der Waals surface area contributed by atoms with Gasteiger partial charge in [0, 0.05) is 29.5 Å². The Morgan fingerprint density at radius 3 is 2.75 bits per heavy atom. The molecule has 1 aliphatic rings. The molecule has 0 unspecified atom stereocenters. The summed E-state index contributed by atoms with van der Waals surface area (Å²) in [5, 5.41) is 0.386. The quantitative estimate of drug-likeness (QED) is 0.813. The zero-order chi connectivity index (χ0) is 17.5. The van der Waals surface area contributed by atoms with Crippen LogP contribution in [0.5, 0.6) is 0 Å². The lowest BCUT2D eigenvalue weighted by Crippen LogP contribution is -2.20. The van der Waals surface area contributed by atoms with Crippen LogP contribution in [0, 0.1) is 12.8 Å². The molecule has 3 rings (SSSR count). The maximum atomic E-state index is 12.6. The summed E-state index contributed by atoms with van der Waals surface area (Å²) in [7, 11) is 0. The van der Waals surface area contributed by atoms with Crippen LogP contribution < -0.4 is 4.80 Å². The number of pyridine rings is 1. The number of amides is 1. The van der Waals surface area contributed by atoms with Gasteiger partial charge in [-0.15, -0.1) is 11.3 Å². The summed E-state index contributed by atoms with van der Waals surface area (Å²) in [5.74, 6) is 0.376. The van der Waals surface area contributed by atoms with Gasteiger partial charge in [-0.25, -0.2) is 0 Å². The molecule has 6 heteroatoms. The fraction of sp³-hybridized carbons (Fsp3) is 0.500. The first-order valence-electron chi connectivity index (χ1n) is 8.16. The molecule has 0 bridgehead atoms. The van der Waals surface area contributed by atoms with Crippen LogP contribution in [0.15, 0.2) is 23.5 Å². The minimum Gasteiger partial charge on any atom is -0.320 e. The zero-order valence-electron chi connectivity index (χ0n) is 14.5. The number of nitrogens with zero attached hydrogens (tertiary/aromatic N) is 3. The van der Waals surface area contributed by atoms with Gasteiger partial charge in [0.15, 0.2) is 4.80 Å². The highest BCUT2D eigenvalue weighted by Gasteiger charge is 2.27. The lowest BCUT2D eigenvalue weighted by Gasteiger charge is -2.17. The molecule has 2 aromatic rings. The van der Waals surface area contributed by atoms with Crippen LogP contribution in [0.25, 0.3) is 0 Å². The number of thiazole rings is 1. The number of aromatic nitrogens is 2. The second-order valence-corrected chi connectivity index (χ2v) is 8.76. The van der Waals surface area contributed by atoms with Gasteiger partial charge in [0.2, 0.25) is 0 Å². The summed E-state index contributed by atoms with van der Waals surface area (Å²) >= 11 is 7.71. The van der Waals surface area contributed by atoms with Gasteiger partial charge in [0.25, 0.3) is 5.91 Å². The maximum Gasteiger partial charge on any atom is 0.282 e. The van der Waals surface area contributed by atoms with Gasteiger partial charge in [-0.2, -0.15) is 4.99 Å². The van der Waals surface area contributed by atoms with Crippen molar-refractivity contribution in [3.05, 3.63) is 44.4 Å². The molecule has 0 radical (unpaired) electrons. The van der Waals surface area contributed by atoms with E-state index < -0.39 is 0 Å². The highest BCUT2D eigenvalue weighted by molar-refractivity contribution is 7.09. The number of carbonyl (C=O) groups excluding carboxylic acids is 1. The lowest BCUT2D eigenvalue weighted by atomic mass is 9.93. The molecule has 0 aliphatic heterocycles. The van der Waals surface area contributed by atoms with Crippen molar-refractivity contribution in [1.82, 2.24) is 9.55 Å². The van der Waals surface area contributed by atoms with E-state index in [2.05, 4.69) is 42.2 Å². The molecule has 1 aliphatic carbocycles. The Hall–Kier alpha value is -1.46. The van der Waals surface area contributed by atoms with E-state index in [0.717, 1.165) is 11.3 Å². The Labute approximate surface area is 151 Å². The lowest BCUT2D eigenvalue weighted by molar-refractivity contribution is 0.0997. The summed E-state index contributed by atoms with van der Waals surface area (Å²) in [4.78, 5) is 23.0. The molecule has 0 aromatic carbocycles. The highest BCUT2D eigenvalue weighted by Crippen LogP contribution is 2.33. The van der Waals surface area contributed by atoms with Crippen molar-refractivity contribution in [2.75, 3.05) is 0 Å². The molecule has 1 fully saturated rings. The van der Waals surface area contributed by atoms with E-state index in [4.69, 9.17) is 11.6 Å². The molecule has 2 heterocycles. The van der Waals surface area contributed by atoms with Gasteiger partial charge in [0.05, 0.1) is 10.6 Å². The Balaban J connectivity index is 2.08. The average molecular weight is 364 g/mol. The van der Waals surface area contributed by atoms with Gasteiger partial charge in [-0.3, -0.25) is 9.78 Å². The first-order chi connectivity index (χ1) is 11.3. The van der Waals surface area contributed by atoms with Crippen molar-refractivity contribution in [2.45, 2.75) is 52.5 Å². The number of rotatable bonds is 3. The smallest absolute Gasteiger partial charge is 0.282 e. The number of hydrogen-bond donors (Lipinski definition) is 0. The molecule has 1 amide bonds. The van der Waals surface area contributed by atoms with Crippen LogP contribution in [-0.2, 0) is 12.0 Å². The molecule has 4 nitrogen and oxygen atoms in total. The van der Waals surface area contributed by atoms with E-state index in [1.807, 2.05) is 0 Å². The Morgan fingerprint density at radius 1 is 1.46 bits per heavy atom. The third-order valence-corrected chi connectivity index (χ3v) is 6.11. The van der Waals surface area contributed by atoms with E-state index in [1.54, 1.807) is 23.6 Å². The van der Waals surface area contributed by atoms with Gasteiger partial charge in [0.1, 0.15) is 0 Å². The van der Waals surface area contributed by atoms with Crippen LogP contribution in [0.3, 0.4) is 0 Å². The fourth-order valence-corrected chi connectivity index (χ4v) is 4.10. The number of hydrogen-bond acceptors (Lipinski definition) is 3. The van der Waals surface area contributed by atoms with Crippen LogP contribution >= 0.6 is 22.9 Å². The van der Waals surface area contributed by atoms with E-state index in [1.165, 1.54) is 29.6 Å². The topological polar surface area (TPSA) is 47.2 Å². The van der Waals surface area contributed by atoms with Gasteiger partial charge in [-0.1, -0.05) is 32.4 Å². The first-order valence-corrected chi connectivity index (χ1v) is 9.36. The molecular formula is C18H22ClN3OS. The van der Waals surface area contributed by atoms with E-state index >= 15 is 0 Å². The number of halogens is 1. The minimum atomic E-state index is -0.334. The van der Waals surface area contributed by atoms with Crippen molar-refractivity contribution in [2.24, 2.45) is 10.9 Å². The summed E-state index contributed by atoms with van der Waals surface area (Å²) < 4.78 is 2.20. The highest BCUT2D eigenvalue weighted by atomic mass is 35.5. The largest absolute Gasteiger partial charge is 0.320 e. The third kappa shape index (κ3) is 3.62. The van der Waals surface area contributed by atoms with Gasteiger partial charge in [-0.05, 0) is 37.2 Å². The predicted octanol–water partition coefficient (Wildman–Crippen LogP) is 4.36. The normalized spacial score (nSPS) is 15.8. The molecule has 128 valence electrons. The van der Waals surface area contributed by atoms with E-state index in [9.17, 15) is 4.79 Å². The molecule has 24 heavy (non-hydrogen) atoms. The molecule has 0 saturated heterocycles. The SMILES string of the molecule is Cc1c(C(C)(C)C)s/c(=N\C(=O)c2cnccc2Cl)n1CC1CC1. The predicted molar refractivity (Wildman–Crippen MR) is 97.6 cm³/mol. The summed E-state index contributed by atoms with van der Waals surface area (Å²) in [6.45, 7) is 9.63. The Kier molecular flexibility index (Phi) is 4.67. The van der Waals surface area contributed by atoms with Crippen molar-refractivity contribution >= 4 is 28.8 Å². The summed E-state index contributed by atoms with van der Waals surface area (Å²) in [5.41, 5.74) is 1.59. The fourth-order valence-electron chi connectivity index (χ4n) is 2.72. The van der Waals surface area contributed by atoms with Gasteiger partial charge >= 0.3 is 0 Å². The maximum absolute atomic E-state index is 12.6. The standard InChI is InChI=1S/C18H22ClN3OS/c1-11-15(18(2,3)4)24-17(22(11)10-12-5-6-12)21-16(23)13-9-20-8-7-14(13)19/h7-9,12H,5-6,10H2,1-4H3/b21-17-. The summed E-state index contributed by atoms with van der Waals surface area (Å²) in [6.07, 6.45) is 5.56. The minimum absolute atomic E-state index is 0.0306. The Bertz CT molecular complexity index is 841. The van der Waals surface area contributed by atoms with Crippen LogP contribution in [0.1, 0.15) is 54.5 Å². The van der Waals surface area contributed by atoms with E-state index in [0.29, 0.717) is 16.5 Å². The first kappa shape index (κ1) is 17.4. The molecule has 0 spiro atoms. The van der Waals surface area contributed by atoms with Crippen LogP contribution in [0.4, 0.5) is 0 Å². The van der Waals surface area contributed by atoms with Crippen molar-refractivity contribution in [3.63, 3.8) is 0 Å². The molecule has 2 aromatic heterocycles.